The van der Waals surface area contributed by atoms with Gasteiger partial charge in [-0.2, -0.15) is 0 Å². The van der Waals surface area contributed by atoms with E-state index in [2.05, 4.69) is 241 Å². The molecule has 9 aromatic rings. The third-order valence-corrected chi connectivity index (χ3v) is 15.0. The van der Waals surface area contributed by atoms with E-state index >= 15 is 0 Å². The topological polar surface area (TPSA) is 120 Å². The molecule has 0 saturated heterocycles. The van der Waals surface area contributed by atoms with Gasteiger partial charge in [-0.25, -0.2) is 0 Å². The Morgan fingerprint density at radius 2 is 0.512 bits per heavy atom. The van der Waals surface area contributed by atoms with Crippen LogP contribution in [0.4, 0.5) is 22.7 Å². The Hall–Kier alpha value is -6.83. The Balaban J connectivity index is 0.000000234. The summed E-state index contributed by atoms with van der Waals surface area (Å²) in [4.78, 5) is 10.0. The van der Waals surface area contributed by atoms with E-state index in [9.17, 15) is 10.2 Å². The summed E-state index contributed by atoms with van der Waals surface area (Å²) in [6, 6.07) is 54.2. The van der Waals surface area contributed by atoms with Gasteiger partial charge in [0.25, 0.3) is 0 Å². The maximum absolute atomic E-state index is 11.8. The average Bonchev–Trinajstić information content (AvgIpc) is 3.64. The molecule has 0 amide bonds. The molecule has 0 saturated carbocycles. The zero-order valence-electron chi connectivity index (χ0n) is 51.0. The second kappa shape index (κ2) is 29.9. The van der Waals surface area contributed by atoms with Crippen molar-refractivity contribution in [2.24, 2.45) is 0 Å². The summed E-state index contributed by atoms with van der Waals surface area (Å²) in [5.74, 6) is 1.06. The molecule has 0 aliphatic rings. The number of rotatable bonds is 16. The first kappa shape index (κ1) is 66.0. The number of hydrogen-bond donors (Lipinski definition) is 4. The van der Waals surface area contributed by atoms with Crippen molar-refractivity contribution in [2.45, 2.75) is 159 Å². The molecule has 4 unspecified atom stereocenters. The van der Waals surface area contributed by atoms with Crippen LogP contribution < -0.4 is 31.5 Å². The monoisotopic (exact) mass is 1180 g/mol. The van der Waals surface area contributed by atoms with Crippen LogP contribution in [0.3, 0.4) is 0 Å². The van der Waals surface area contributed by atoms with Gasteiger partial charge in [-0.15, -0.1) is 11.5 Å². The zero-order valence-corrected chi connectivity index (χ0v) is 53.1. The summed E-state index contributed by atoms with van der Waals surface area (Å²) >= 11 is 0. The molecule has 2 aromatic heterocycles. The van der Waals surface area contributed by atoms with Gasteiger partial charge in [0.2, 0.25) is 0 Å². The first-order chi connectivity index (χ1) is 38.1. The molecule has 0 bridgehead atoms. The third kappa shape index (κ3) is 16.7. The number of aromatic nitrogens is 2. The van der Waals surface area contributed by atoms with Gasteiger partial charge in [-0.05, 0) is 171 Å². The van der Waals surface area contributed by atoms with E-state index in [0.717, 1.165) is 33.5 Å². The number of benzene rings is 7. The normalized spacial score (nSPS) is 12.5. The Labute approximate surface area is 511 Å². The second-order valence-electron chi connectivity index (χ2n) is 23.2. The molecular weight excluding hydrogens is 1100 g/mol. The summed E-state index contributed by atoms with van der Waals surface area (Å²) in [7, 11) is 0. The second-order valence-corrected chi connectivity index (χ2v) is 23.2. The standard InChI is InChI=1S/2C29H39N3.C14H10O2.2Co/c2*1-18(2)24-16-20(5)12-14-28(24)30-22(7)26-10-9-11-27(32-26)23(8)31-29-15-13-21(6)17-25(29)19(3)4;15-13-11-7-3-1-5-9(11)10-6-2-4-8-12(10)14(13)16;;/h2*9-19,22-23,30-31H,1-8H3;1-8,15-16H;;/p-2. The van der Waals surface area contributed by atoms with Crippen molar-refractivity contribution in [3.8, 4) is 11.5 Å². The molecule has 0 aliphatic heterocycles. The molecule has 2 heterocycles. The first-order valence-corrected chi connectivity index (χ1v) is 28.8. The molecule has 0 spiro atoms. The van der Waals surface area contributed by atoms with Gasteiger partial charge in [0, 0.05) is 56.3 Å². The Bertz CT molecular complexity index is 3150. The number of hydrogen-bond acceptors (Lipinski definition) is 8. The van der Waals surface area contributed by atoms with Gasteiger partial charge in [0.15, 0.2) is 0 Å². The van der Waals surface area contributed by atoms with Gasteiger partial charge >= 0.3 is 0 Å². The molecule has 4 N–H and O–H groups in total. The van der Waals surface area contributed by atoms with Crippen LogP contribution in [0.2, 0.25) is 0 Å². The Morgan fingerprint density at radius 1 is 0.293 bits per heavy atom. The minimum atomic E-state index is -0.408. The molecule has 2 radical (unpaired) electrons. The number of nitrogens with one attached hydrogen (secondary N) is 4. The Kier molecular flexibility index (Phi) is 24.1. The quantitative estimate of drug-likeness (QED) is 0.0706. The van der Waals surface area contributed by atoms with E-state index in [0.29, 0.717) is 34.4 Å². The van der Waals surface area contributed by atoms with Crippen molar-refractivity contribution in [3.05, 3.63) is 225 Å². The van der Waals surface area contributed by atoms with Crippen molar-refractivity contribution in [3.63, 3.8) is 0 Å². The molecular formula is C72H86Co2N6O2-2. The number of aryl methyl sites for hydroxylation is 4. The fourth-order valence-electron chi connectivity index (χ4n) is 10.4. The SMILES string of the molecule is Cc1ccc(NC(C)c2cccc(C(C)Nc3ccc(C)cc3C(C)C)n2)c(C(C)C)c1.Cc1ccc(NC(C)c2cccc(C(C)Nc3ccc(C)cc3C(C)C)n2)c(C(C)C)c1.[Co].[Co].[O-]c1c([O-])c2ccccc2c2ccccc12. The van der Waals surface area contributed by atoms with Crippen LogP contribution in [0.1, 0.15) is 198 Å². The van der Waals surface area contributed by atoms with Crippen molar-refractivity contribution in [1.29, 1.82) is 0 Å². The predicted octanol–water partition coefficient (Wildman–Crippen LogP) is 18.7. The number of pyridine rings is 2. The van der Waals surface area contributed by atoms with E-state index < -0.39 is 11.5 Å². The maximum atomic E-state index is 11.8. The van der Waals surface area contributed by atoms with Crippen LogP contribution in [-0.4, -0.2) is 9.97 Å². The first-order valence-electron chi connectivity index (χ1n) is 28.8. The summed E-state index contributed by atoms with van der Waals surface area (Å²) in [5, 5.41) is 41.2. The van der Waals surface area contributed by atoms with Crippen LogP contribution in [0.15, 0.2) is 158 Å². The molecule has 7 aromatic carbocycles. The molecule has 0 fully saturated rings. The zero-order chi connectivity index (χ0) is 57.9. The minimum absolute atomic E-state index is 0. The molecule has 4 atom stereocenters. The van der Waals surface area contributed by atoms with Crippen molar-refractivity contribution >= 4 is 44.3 Å². The maximum Gasteiger partial charge on any atom is 0.0657 e. The fourth-order valence-corrected chi connectivity index (χ4v) is 10.4. The molecule has 436 valence electrons. The number of nitrogens with zero attached hydrogens (tertiary/aromatic N) is 2. The number of fused-ring (bicyclic) bond motifs is 3. The van der Waals surface area contributed by atoms with Crippen LogP contribution in [0.5, 0.6) is 11.5 Å². The Morgan fingerprint density at radius 3 is 0.732 bits per heavy atom. The number of anilines is 4. The third-order valence-electron chi connectivity index (χ3n) is 15.0. The van der Waals surface area contributed by atoms with E-state index in [1.54, 1.807) is 24.3 Å². The van der Waals surface area contributed by atoms with Crippen molar-refractivity contribution in [1.82, 2.24) is 9.97 Å². The van der Waals surface area contributed by atoms with Gasteiger partial charge in [0.1, 0.15) is 0 Å². The summed E-state index contributed by atoms with van der Waals surface area (Å²) in [5.41, 5.74) is 19.6. The molecule has 82 heavy (non-hydrogen) atoms. The van der Waals surface area contributed by atoms with Crippen molar-refractivity contribution in [2.75, 3.05) is 21.3 Å². The molecule has 0 aliphatic carbocycles. The summed E-state index contributed by atoms with van der Waals surface area (Å²) < 4.78 is 0. The van der Waals surface area contributed by atoms with Crippen molar-refractivity contribution < 1.29 is 43.8 Å². The minimum Gasteiger partial charge on any atom is -0.872 e. The predicted molar refractivity (Wildman–Crippen MR) is 338 cm³/mol. The van der Waals surface area contributed by atoms with Crippen LogP contribution in [-0.2, 0) is 33.6 Å². The fraction of sp³-hybridized carbons (Fsp3) is 0.333. The summed E-state index contributed by atoms with van der Waals surface area (Å²) in [6.45, 7) is 35.3. The van der Waals surface area contributed by atoms with Crippen LogP contribution in [0, 0.1) is 27.7 Å². The molecule has 8 nitrogen and oxygen atoms in total. The largest absolute Gasteiger partial charge is 0.872 e. The summed E-state index contributed by atoms with van der Waals surface area (Å²) in [6.07, 6.45) is 0. The molecule has 10 heteroatoms. The van der Waals surface area contributed by atoms with E-state index in [-0.39, 0.29) is 57.7 Å². The van der Waals surface area contributed by atoms with E-state index in [1.165, 1.54) is 67.3 Å². The van der Waals surface area contributed by atoms with Crippen LogP contribution >= 0.6 is 0 Å². The van der Waals surface area contributed by atoms with Gasteiger partial charge in [0.05, 0.1) is 46.9 Å². The van der Waals surface area contributed by atoms with E-state index in [1.807, 2.05) is 24.3 Å². The van der Waals surface area contributed by atoms with Crippen LogP contribution in [0.25, 0.3) is 21.5 Å². The average molecular weight is 1190 g/mol. The van der Waals surface area contributed by atoms with Gasteiger partial charge in [-0.3, -0.25) is 9.97 Å². The van der Waals surface area contributed by atoms with Gasteiger partial charge in [-0.1, -0.05) is 187 Å². The molecule has 9 rings (SSSR count). The van der Waals surface area contributed by atoms with Gasteiger partial charge < -0.3 is 31.5 Å². The van der Waals surface area contributed by atoms with E-state index in [4.69, 9.17) is 9.97 Å². The smallest absolute Gasteiger partial charge is 0.0657 e.